The lowest BCUT2D eigenvalue weighted by Crippen LogP contribution is -2.56. The van der Waals surface area contributed by atoms with Crippen molar-refractivity contribution in [1.82, 2.24) is 29.7 Å². The summed E-state index contributed by atoms with van der Waals surface area (Å²) in [7, 11) is 2.14. The maximum atomic E-state index is 13.0. The zero-order valence-corrected chi connectivity index (χ0v) is 17.8. The zero-order valence-electron chi connectivity index (χ0n) is 17.8. The lowest BCUT2D eigenvalue weighted by atomic mass is 10.1. The maximum absolute atomic E-state index is 13.0. The van der Waals surface area contributed by atoms with Gasteiger partial charge in [-0.25, -0.2) is 9.97 Å². The summed E-state index contributed by atoms with van der Waals surface area (Å²) in [5.41, 5.74) is 3.21. The Hall–Kier alpha value is -2.81. The number of amides is 1. The number of imidazole rings is 1. The second kappa shape index (κ2) is 8.74. The van der Waals surface area contributed by atoms with E-state index in [2.05, 4.69) is 44.3 Å². The number of hydrogen-bond donors (Lipinski definition) is 1. The van der Waals surface area contributed by atoms with Crippen LogP contribution in [0.15, 0.2) is 48.9 Å². The number of hydrogen-bond acceptors (Lipinski definition) is 6. The Balaban J connectivity index is 1.27. The van der Waals surface area contributed by atoms with Gasteiger partial charge in [0.1, 0.15) is 5.52 Å². The molecule has 2 aromatic heterocycles. The Morgan fingerprint density at radius 3 is 2.74 bits per heavy atom. The smallest absolute Gasteiger partial charge is 0.253 e. The standard InChI is InChI=1S/C23H28N6O2/c1-27-7-9-28(10-8-27)21-15-31-14-20(21)26-23(30)18-11-19-22(24-12-18)29(16-25-19)13-17-5-3-2-4-6-17/h2-6,11-12,16,20-21H,7-10,13-15H2,1H3,(H,26,30)/t20-,21-/m0/s1. The molecule has 2 aliphatic rings. The molecule has 0 bridgehead atoms. The van der Waals surface area contributed by atoms with Gasteiger partial charge in [-0.2, -0.15) is 0 Å². The molecule has 3 aromatic rings. The number of piperazine rings is 1. The van der Waals surface area contributed by atoms with Crippen LogP contribution in [-0.4, -0.2) is 88.8 Å². The first-order valence-corrected chi connectivity index (χ1v) is 10.8. The van der Waals surface area contributed by atoms with Crippen molar-refractivity contribution < 1.29 is 9.53 Å². The Morgan fingerprint density at radius 1 is 1.13 bits per heavy atom. The monoisotopic (exact) mass is 420 g/mol. The molecule has 31 heavy (non-hydrogen) atoms. The molecule has 1 N–H and O–H groups in total. The van der Waals surface area contributed by atoms with E-state index in [1.165, 1.54) is 5.56 Å². The predicted octanol–water partition coefficient (Wildman–Crippen LogP) is 1.22. The van der Waals surface area contributed by atoms with Crippen molar-refractivity contribution in [2.45, 2.75) is 18.6 Å². The minimum Gasteiger partial charge on any atom is -0.378 e. The van der Waals surface area contributed by atoms with Crippen molar-refractivity contribution in [1.29, 1.82) is 0 Å². The number of benzene rings is 1. The number of rotatable bonds is 5. The fourth-order valence-corrected chi connectivity index (χ4v) is 4.41. The van der Waals surface area contributed by atoms with Gasteiger partial charge < -0.3 is 19.5 Å². The fourth-order valence-electron chi connectivity index (χ4n) is 4.41. The molecule has 0 saturated carbocycles. The third-order valence-electron chi connectivity index (χ3n) is 6.29. The molecule has 0 spiro atoms. The van der Waals surface area contributed by atoms with Crippen molar-refractivity contribution in [3.8, 4) is 0 Å². The Labute approximate surface area is 181 Å². The molecule has 2 saturated heterocycles. The van der Waals surface area contributed by atoms with Crippen molar-refractivity contribution in [3.63, 3.8) is 0 Å². The van der Waals surface area contributed by atoms with Gasteiger partial charge in [0.15, 0.2) is 5.65 Å². The van der Waals surface area contributed by atoms with E-state index in [0.717, 1.165) is 37.3 Å². The lowest BCUT2D eigenvalue weighted by molar-refractivity contribution is 0.0829. The third-order valence-corrected chi connectivity index (χ3v) is 6.29. The number of nitrogens with zero attached hydrogens (tertiary/aromatic N) is 5. The number of aromatic nitrogens is 3. The predicted molar refractivity (Wildman–Crippen MR) is 118 cm³/mol. The van der Waals surface area contributed by atoms with E-state index in [-0.39, 0.29) is 18.0 Å². The summed E-state index contributed by atoms with van der Waals surface area (Å²) in [6.07, 6.45) is 3.42. The number of likely N-dealkylation sites (N-methyl/N-ethyl adjacent to an activating group) is 1. The van der Waals surface area contributed by atoms with Crippen LogP contribution < -0.4 is 5.32 Å². The first-order valence-electron chi connectivity index (χ1n) is 10.8. The summed E-state index contributed by atoms with van der Waals surface area (Å²) in [5, 5.41) is 3.17. The van der Waals surface area contributed by atoms with E-state index in [1.807, 2.05) is 28.8 Å². The normalized spacial score (nSPS) is 22.7. The molecule has 162 valence electrons. The van der Waals surface area contributed by atoms with Crippen molar-refractivity contribution in [2.24, 2.45) is 0 Å². The van der Waals surface area contributed by atoms with Crippen LogP contribution in [0.5, 0.6) is 0 Å². The Morgan fingerprint density at radius 2 is 1.94 bits per heavy atom. The highest BCUT2D eigenvalue weighted by molar-refractivity contribution is 5.96. The topological polar surface area (TPSA) is 75.5 Å². The van der Waals surface area contributed by atoms with Crippen LogP contribution in [-0.2, 0) is 11.3 Å². The molecule has 0 unspecified atom stereocenters. The molecular formula is C23H28N6O2. The van der Waals surface area contributed by atoms with Crippen LogP contribution in [0, 0.1) is 0 Å². The highest BCUT2D eigenvalue weighted by Gasteiger charge is 2.35. The largest absolute Gasteiger partial charge is 0.378 e. The molecule has 8 heteroatoms. The summed E-state index contributed by atoms with van der Waals surface area (Å²) < 4.78 is 7.72. The fraction of sp³-hybridized carbons (Fsp3) is 0.435. The van der Waals surface area contributed by atoms with E-state index < -0.39 is 0 Å². The molecule has 0 radical (unpaired) electrons. The van der Waals surface area contributed by atoms with E-state index in [0.29, 0.717) is 25.3 Å². The quantitative estimate of drug-likeness (QED) is 0.669. The van der Waals surface area contributed by atoms with Gasteiger partial charge in [-0.3, -0.25) is 9.69 Å². The maximum Gasteiger partial charge on any atom is 0.253 e. The highest BCUT2D eigenvalue weighted by atomic mass is 16.5. The second-order valence-corrected chi connectivity index (χ2v) is 8.45. The number of pyridine rings is 1. The van der Waals surface area contributed by atoms with Crippen LogP contribution in [0.25, 0.3) is 11.2 Å². The summed E-state index contributed by atoms with van der Waals surface area (Å²) in [5.74, 6) is -0.123. The molecule has 2 atom stereocenters. The average molecular weight is 421 g/mol. The van der Waals surface area contributed by atoms with Gasteiger partial charge in [0.05, 0.1) is 43.7 Å². The Kier molecular flexibility index (Phi) is 5.67. The van der Waals surface area contributed by atoms with E-state index in [4.69, 9.17) is 4.74 Å². The van der Waals surface area contributed by atoms with Crippen LogP contribution in [0.1, 0.15) is 15.9 Å². The van der Waals surface area contributed by atoms with E-state index in [9.17, 15) is 4.79 Å². The van der Waals surface area contributed by atoms with Gasteiger partial charge in [0.25, 0.3) is 5.91 Å². The first-order chi connectivity index (χ1) is 15.2. The molecule has 8 nitrogen and oxygen atoms in total. The minimum atomic E-state index is -0.123. The van der Waals surface area contributed by atoms with Gasteiger partial charge in [-0.15, -0.1) is 0 Å². The molecule has 4 heterocycles. The molecule has 5 rings (SSSR count). The molecular weight excluding hydrogens is 392 g/mol. The Bertz CT molecular complexity index is 1040. The van der Waals surface area contributed by atoms with Gasteiger partial charge >= 0.3 is 0 Å². The summed E-state index contributed by atoms with van der Waals surface area (Å²) in [4.78, 5) is 26.7. The van der Waals surface area contributed by atoms with E-state index >= 15 is 0 Å². The van der Waals surface area contributed by atoms with Crippen LogP contribution in [0.3, 0.4) is 0 Å². The van der Waals surface area contributed by atoms with Gasteiger partial charge in [-0.1, -0.05) is 30.3 Å². The van der Waals surface area contributed by atoms with Crippen molar-refractivity contribution >= 4 is 17.1 Å². The molecule has 2 fully saturated rings. The number of ether oxygens (including phenoxy) is 1. The summed E-state index contributed by atoms with van der Waals surface area (Å²) in [6, 6.07) is 12.2. The minimum absolute atomic E-state index is 0.0118. The second-order valence-electron chi connectivity index (χ2n) is 8.45. The van der Waals surface area contributed by atoms with Gasteiger partial charge in [-0.05, 0) is 18.7 Å². The number of nitrogens with one attached hydrogen (secondary N) is 1. The lowest BCUT2D eigenvalue weighted by Gasteiger charge is -2.38. The van der Waals surface area contributed by atoms with Crippen molar-refractivity contribution in [3.05, 3.63) is 60.0 Å². The summed E-state index contributed by atoms with van der Waals surface area (Å²) >= 11 is 0. The highest BCUT2D eigenvalue weighted by Crippen LogP contribution is 2.18. The molecule has 2 aliphatic heterocycles. The van der Waals surface area contributed by atoms with Crippen LogP contribution in [0.4, 0.5) is 0 Å². The van der Waals surface area contributed by atoms with Gasteiger partial charge in [0, 0.05) is 32.4 Å². The third kappa shape index (κ3) is 4.32. The van der Waals surface area contributed by atoms with E-state index in [1.54, 1.807) is 12.5 Å². The summed E-state index contributed by atoms with van der Waals surface area (Å²) in [6.45, 7) is 6.00. The molecule has 0 aliphatic carbocycles. The van der Waals surface area contributed by atoms with Crippen LogP contribution >= 0.6 is 0 Å². The number of carbonyl (C=O) groups is 1. The first kappa shape index (κ1) is 20.1. The van der Waals surface area contributed by atoms with Crippen molar-refractivity contribution in [2.75, 3.05) is 46.4 Å². The SMILES string of the molecule is CN1CCN([C@H]2COC[C@@H]2NC(=O)c2cnc3c(c2)ncn3Cc2ccccc2)CC1. The van der Waals surface area contributed by atoms with Gasteiger partial charge in [0.2, 0.25) is 0 Å². The molecule has 1 aromatic carbocycles. The van der Waals surface area contributed by atoms with Crippen LogP contribution in [0.2, 0.25) is 0 Å². The number of carbonyl (C=O) groups excluding carboxylic acids is 1. The molecule has 1 amide bonds. The average Bonchev–Trinajstić information content (AvgIpc) is 3.42. The number of fused-ring (bicyclic) bond motifs is 1. The zero-order chi connectivity index (χ0) is 21.2.